The quantitative estimate of drug-likeness (QED) is 0.875. The van der Waals surface area contributed by atoms with Gasteiger partial charge in [-0.3, -0.25) is 4.99 Å². The van der Waals surface area contributed by atoms with Gasteiger partial charge in [0.2, 0.25) is 0 Å². The van der Waals surface area contributed by atoms with Crippen molar-refractivity contribution in [2.45, 2.75) is 25.3 Å². The molecular weight excluding hydrogens is 254 g/mol. The molecule has 20 heavy (non-hydrogen) atoms. The molecule has 0 bridgehead atoms. The van der Waals surface area contributed by atoms with Gasteiger partial charge in [-0.1, -0.05) is 12.1 Å². The van der Waals surface area contributed by atoms with E-state index in [0.29, 0.717) is 6.42 Å². The van der Waals surface area contributed by atoms with Crippen LogP contribution in [0.25, 0.3) is 0 Å². The molecule has 106 valence electrons. The van der Waals surface area contributed by atoms with E-state index in [2.05, 4.69) is 10.3 Å². The molecular formula is C15H19N3O2. The fourth-order valence-corrected chi connectivity index (χ4v) is 2.95. The highest BCUT2D eigenvalue weighted by atomic mass is 16.4. The third kappa shape index (κ3) is 2.35. The predicted molar refractivity (Wildman–Crippen MR) is 78.5 cm³/mol. The second-order valence-corrected chi connectivity index (χ2v) is 5.22. The molecule has 0 aliphatic carbocycles. The Morgan fingerprint density at radius 1 is 1.35 bits per heavy atom. The molecule has 2 N–H and O–H groups in total. The maximum absolute atomic E-state index is 11.4. The number of hydrogen-bond acceptors (Lipinski definition) is 4. The van der Waals surface area contributed by atoms with Gasteiger partial charge in [-0.05, 0) is 31.4 Å². The summed E-state index contributed by atoms with van der Waals surface area (Å²) in [4.78, 5) is 17.9. The van der Waals surface area contributed by atoms with E-state index in [4.69, 9.17) is 0 Å². The van der Waals surface area contributed by atoms with Crippen molar-refractivity contribution in [3.63, 3.8) is 0 Å². The smallest absolute Gasteiger partial charge is 0.326 e. The SMILES string of the molecule is O=C(O)C1CCCN1c1ccccc1C1=NCCCN1. The van der Waals surface area contributed by atoms with Gasteiger partial charge < -0.3 is 15.3 Å². The van der Waals surface area contributed by atoms with Crippen molar-refractivity contribution >= 4 is 17.5 Å². The van der Waals surface area contributed by atoms with Crippen LogP contribution in [0.4, 0.5) is 5.69 Å². The molecule has 5 nitrogen and oxygen atoms in total. The van der Waals surface area contributed by atoms with Crippen LogP contribution in [0.3, 0.4) is 0 Å². The van der Waals surface area contributed by atoms with Gasteiger partial charge in [-0.25, -0.2) is 4.79 Å². The van der Waals surface area contributed by atoms with E-state index >= 15 is 0 Å². The number of aliphatic imine (C=N–C) groups is 1. The van der Waals surface area contributed by atoms with Crippen LogP contribution in [0.1, 0.15) is 24.8 Å². The number of carbonyl (C=O) groups is 1. The molecule has 1 saturated heterocycles. The highest BCUT2D eigenvalue weighted by Crippen LogP contribution is 2.29. The van der Waals surface area contributed by atoms with Gasteiger partial charge in [0.1, 0.15) is 11.9 Å². The molecule has 0 radical (unpaired) electrons. The predicted octanol–water partition coefficient (Wildman–Crippen LogP) is 1.48. The first-order valence-electron chi connectivity index (χ1n) is 7.14. The van der Waals surface area contributed by atoms with Crippen LogP contribution in [0.5, 0.6) is 0 Å². The van der Waals surface area contributed by atoms with Crippen LogP contribution < -0.4 is 10.2 Å². The summed E-state index contributed by atoms with van der Waals surface area (Å²) in [5.74, 6) is 0.152. The van der Waals surface area contributed by atoms with Gasteiger partial charge in [0.05, 0.1) is 0 Å². The Morgan fingerprint density at radius 3 is 2.95 bits per heavy atom. The second kappa shape index (κ2) is 5.53. The van der Waals surface area contributed by atoms with Crippen molar-refractivity contribution in [1.29, 1.82) is 0 Å². The Bertz CT molecular complexity index is 542. The van der Waals surface area contributed by atoms with Gasteiger partial charge in [-0.2, -0.15) is 0 Å². The lowest BCUT2D eigenvalue weighted by molar-refractivity contribution is -0.138. The van der Waals surface area contributed by atoms with Crippen LogP contribution >= 0.6 is 0 Å². The number of benzene rings is 1. The molecule has 2 aliphatic rings. The molecule has 5 heteroatoms. The molecule has 0 amide bonds. The zero-order valence-corrected chi connectivity index (χ0v) is 11.4. The topological polar surface area (TPSA) is 64.9 Å². The lowest BCUT2D eigenvalue weighted by Gasteiger charge is -2.27. The summed E-state index contributed by atoms with van der Waals surface area (Å²) >= 11 is 0. The number of anilines is 1. The van der Waals surface area contributed by atoms with Gasteiger partial charge >= 0.3 is 5.97 Å². The number of nitrogens with zero attached hydrogens (tertiary/aromatic N) is 2. The lowest BCUT2D eigenvalue weighted by atomic mass is 10.1. The number of carboxylic acid groups (broad SMARTS) is 1. The molecule has 1 fully saturated rings. The molecule has 1 aromatic rings. The summed E-state index contributed by atoms with van der Waals surface area (Å²) in [5, 5.41) is 12.7. The van der Waals surface area contributed by atoms with E-state index in [9.17, 15) is 9.90 Å². The average molecular weight is 273 g/mol. The maximum Gasteiger partial charge on any atom is 0.326 e. The highest BCUT2D eigenvalue weighted by molar-refractivity contribution is 6.04. The Hall–Kier alpha value is -2.04. The van der Waals surface area contributed by atoms with Gasteiger partial charge in [-0.15, -0.1) is 0 Å². The monoisotopic (exact) mass is 273 g/mol. The van der Waals surface area contributed by atoms with E-state index in [-0.39, 0.29) is 0 Å². The van der Waals surface area contributed by atoms with Crippen LogP contribution in [-0.4, -0.2) is 42.6 Å². The summed E-state index contributed by atoms with van der Waals surface area (Å²) in [5.41, 5.74) is 1.99. The Morgan fingerprint density at radius 2 is 2.20 bits per heavy atom. The van der Waals surface area contributed by atoms with Crippen molar-refractivity contribution in [1.82, 2.24) is 5.32 Å². The first-order chi connectivity index (χ1) is 9.77. The summed E-state index contributed by atoms with van der Waals surface area (Å²) < 4.78 is 0. The van der Waals surface area contributed by atoms with E-state index in [1.807, 2.05) is 29.2 Å². The summed E-state index contributed by atoms with van der Waals surface area (Å²) in [6, 6.07) is 7.53. The second-order valence-electron chi connectivity index (χ2n) is 5.22. The number of hydrogen-bond donors (Lipinski definition) is 2. The minimum atomic E-state index is -0.740. The number of nitrogens with one attached hydrogen (secondary N) is 1. The standard InChI is InChI=1S/C15H19N3O2/c19-15(20)13-7-3-10-18(13)12-6-2-1-5-11(12)14-16-8-4-9-17-14/h1-2,5-6,13H,3-4,7-10H2,(H,16,17)(H,19,20). The fourth-order valence-electron chi connectivity index (χ4n) is 2.95. The highest BCUT2D eigenvalue weighted by Gasteiger charge is 2.32. The van der Waals surface area contributed by atoms with Crippen molar-refractivity contribution in [3.8, 4) is 0 Å². The van der Waals surface area contributed by atoms with E-state index in [1.54, 1.807) is 0 Å². The molecule has 0 saturated carbocycles. The van der Waals surface area contributed by atoms with Crippen LogP contribution in [-0.2, 0) is 4.79 Å². The van der Waals surface area contributed by atoms with Crippen LogP contribution in [0.2, 0.25) is 0 Å². The van der Waals surface area contributed by atoms with E-state index in [0.717, 1.165) is 49.6 Å². The first-order valence-corrected chi connectivity index (χ1v) is 7.14. The Labute approximate surface area is 118 Å². The Kier molecular flexibility index (Phi) is 3.58. The number of carboxylic acids is 1. The third-order valence-corrected chi connectivity index (χ3v) is 3.90. The third-order valence-electron chi connectivity index (χ3n) is 3.90. The number of aliphatic carboxylic acids is 1. The largest absolute Gasteiger partial charge is 0.480 e. The van der Waals surface area contributed by atoms with Crippen molar-refractivity contribution in [2.24, 2.45) is 4.99 Å². The molecule has 2 aliphatic heterocycles. The molecule has 1 atom stereocenters. The lowest BCUT2D eigenvalue weighted by Crippen LogP contribution is -2.38. The normalized spacial score (nSPS) is 22.3. The van der Waals surface area contributed by atoms with E-state index in [1.165, 1.54) is 0 Å². The van der Waals surface area contributed by atoms with E-state index < -0.39 is 12.0 Å². The van der Waals surface area contributed by atoms with Crippen LogP contribution in [0, 0.1) is 0 Å². The molecule has 3 rings (SSSR count). The zero-order valence-electron chi connectivity index (χ0n) is 11.4. The molecule has 1 aromatic carbocycles. The minimum absolute atomic E-state index is 0.416. The number of para-hydroxylation sites is 1. The zero-order chi connectivity index (χ0) is 13.9. The van der Waals surface area contributed by atoms with Crippen molar-refractivity contribution in [3.05, 3.63) is 29.8 Å². The first kappa shape index (κ1) is 13.0. The van der Waals surface area contributed by atoms with Gasteiger partial charge in [0.15, 0.2) is 0 Å². The number of amidine groups is 1. The van der Waals surface area contributed by atoms with Gasteiger partial charge in [0.25, 0.3) is 0 Å². The summed E-state index contributed by atoms with van der Waals surface area (Å²) in [6.45, 7) is 2.55. The van der Waals surface area contributed by atoms with Gasteiger partial charge in [0, 0.05) is 30.9 Å². The molecule has 2 heterocycles. The fraction of sp³-hybridized carbons (Fsp3) is 0.467. The van der Waals surface area contributed by atoms with Crippen molar-refractivity contribution < 1.29 is 9.90 Å². The van der Waals surface area contributed by atoms with Crippen molar-refractivity contribution in [2.75, 3.05) is 24.5 Å². The summed E-state index contributed by atoms with van der Waals surface area (Å²) in [7, 11) is 0. The summed E-state index contributed by atoms with van der Waals surface area (Å²) in [6.07, 6.45) is 2.68. The minimum Gasteiger partial charge on any atom is -0.480 e. The Balaban J connectivity index is 1.97. The maximum atomic E-state index is 11.4. The molecule has 0 aromatic heterocycles. The van der Waals surface area contributed by atoms with Crippen LogP contribution in [0.15, 0.2) is 29.3 Å². The average Bonchev–Trinajstić information content (AvgIpc) is 2.98. The number of rotatable bonds is 3. The molecule has 1 unspecified atom stereocenters. The molecule has 0 spiro atoms.